The van der Waals surface area contributed by atoms with E-state index in [1.807, 2.05) is 6.92 Å². The van der Waals surface area contributed by atoms with Crippen molar-refractivity contribution in [1.29, 1.82) is 5.26 Å². The van der Waals surface area contributed by atoms with Gasteiger partial charge in [0.25, 0.3) is 15.8 Å². The van der Waals surface area contributed by atoms with Crippen molar-refractivity contribution in [2.75, 3.05) is 37.4 Å². The summed E-state index contributed by atoms with van der Waals surface area (Å²) in [6, 6.07) is 10.9. The van der Waals surface area contributed by atoms with E-state index in [1.165, 1.54) is 16.4 Å². The first kappa shape index (κ1) is 26.6. The van der Waals surface area contributed by atoms with Crippen molar-refractivity contribution >= 4 is 31.5 Å². The molecule has 1 aliphatic rings. The Balaban J connectivity index is 2.03. The molecule has 0 saturated carbocycles. The molecular weight excluding hydrogens is 496 g/mol. The standard InChI is InChI=1S/C22H26N4O7S2/c1-3-10-24(12-13-33-34(2,29)30)21-8-7-19(26(27)28)14-22(21)35(31,32)25-11-9-20-17(15-23)5-4-6-18(20)16-25/h4-8,14H,3,9-13,16H2,1-2H3. The van der Waals surface area contributed by atoms with Crippen molar-refractivity contribution in [3.8, 4) is 6.07 Å². The van der Waals surface area contributed by atoms with Crippen molar-refractivity contribution in [1.82, 2.24) is 4.31 Å². The predicted molar refractivity (Wildman–Crippen MR) is 129 cm³/mol. The normalized spacial score (nSPS) is 14.2. The van der Waals surface area contributed by atoms with E-state index in [2.05, 4.69) is 6.07 Å². The summed E-state index contributed by atoms with van der Waals surface area (Å²) in [7, 11) is -7.87. The minimum atomic E-state index is -4.18. The second-order valence-corrected chi connectivity index (χ2v) is 11.6. The number of nitrogens with zero attached hydrogens (tertiary/aromatic N) is 4. The maximum Gasteiger partial charge on any atom is 0.270 e. The van der Waals surface area contributed by atoms with Gasteiger partial charge in [-0.3, -0.25) is 14.3 Å². The largest absolute Gasteiger partial charge is 0.368 e. The number of anilines is 1. The van der Waals surface area contributed by atoms with Crippen molar-refractivity contribution in [2.45, 2.75) is 31.2 Å². The van der Waals surface area contributed by atoms with Crippen LogP contribution in [0.15, 0.2) is 41.3 Å². The topological polar surface area (TPSA) is 151 Å². The lowest BCUT2D eigenvalue weighted by Crippen LogP contribution is -2.38. The number of sulfonamides is 1. The van der Waals surface area contributed by atoms with E-state index in [0.29, 0.717) is 30.5 Å². The van der Waals surface area contributed by atoms with E-state index in [1.54, 1.807) is 23.1 Å². The zero-order valence-electron chi connectivity index (χ0n) is 19.4. The number of nitriles is 1. The highest BCUT2D eigenvalue weighted by Gasteiger charge is 2.33. The molecule has 0 unspecified atom stereocenters. The molecule has 11 nitrogen and oxygen atoms in total. The molecule has 0 aliphatic carbocycles. The third kappa shape index (κ3) is 6.15. The van der Waals surface area contributed by atoms with Gasteiger partial charge in [-0.15, -0.1) is 0 Å². The SMILES string of the molecule is CCCN(CCOS(C)(=O)=O)c1ccc([N+](=O)[O-])cc1S(=O)(=O)N1CCc2c(C#N)cccc2C1. The minimum absolute atomic E-state index is 0.0281. The molecule has 1 heterocycles. The highest BCUT2D eigenvalue weighted by atomic mass is 32.2. The van der Waals surface area contributed by atoms with Crippen LogP contribution in [0.25, 0.3) is 0 Å². The first-order valence-electron chi connectivity index (χ1n) is 10.9. The number of rotatable bonds is 10. The van der Waals surface area contributed by atoms with E-state index in [4.69, 9.17) is 4.18 Å². The van der Waals surface area contributed by atoms with Gasteiger partial charge in [-0.2, -0.15) is 18.0 Å². The molecule has 13 heteroatoms. The zero-order chi connectivity index (χ0) is 25.8. The second kappa shape index (κ2) is 10.7. The molecule has 188 valence electrons. The summed E-state index contributed by atoms with van der Waals surface area (Å²) in [5, 5.41) is 20.8. The lowest BCUT2D eigenvalue weighted by Gasteiger charge is -2.31. The Hall–Kier alpha value is -3.05. The van der Waals surface area contributed by atoms with Gasteiger partial charge in [-0.1, -0.05) is 19.1 Å². The predicted octanol–water partition coefficient (Wildman–Crippen LogP) is 2.41. The fourth-order valence-corrected chi connectivity index (χ4v) is 6.07. The number of hydrogen-bond donors (Lipinski definition) is 0. The third-order valence-electron chi connectivity index (χ3n) is 5.62. The summed E-state index contributed by atoms with van der Waals surface area (Å²) in [6.07, 6.45) is 1.87. The first-order chi connectivity index (χ1) is 16.5. The molecule has 0 N–H and O–H groups in total. The molecule has 1 aliphatic heterocycles. The number of non-ortho nitro benzene ring substituents is 1. The van der Waals surface area contributed by atoms with Crippen LogP contribution in [0.2, 0.25) is 0 Å². The van der Waals surface area contributed by atoms with Gasteiger partial charge in [0.2, 0.25) is 10.0 Å². The van der Waals surface area contributed by atoms with Crippen LogP contribution in [-0.2, 0) is 37.3 Å². The van der Waals surface area contributed by atoms with Crippen molar-refractivity contribution in [3.05, 3.63) is 63.2 Å². The van der Waals surface area contributed by atoms with Crippen LogP contribution in [0.1, 0.15) is 30.0 Å². The summed E-state index contributed by atoms with van der Waals surface area (Å²) in [6.45, 7) is 2.25. The Labute approximate surface area is 204 Å². The molecule has 0 aromatic heterocycles. The van der Waals surface area contributed by atoms with Crippen LogP contribution >= 0.6 is 0 Å². The summed E-state index contributed by atoms with van der Waals surface area (Å²) in [4.78, 5) is 12.2. The molecule has 0 saturated heterocycles. The van der Waals surface area contributed by atoms with Crippen molar-refractivity contribution < 1.29 is 25.9 Å². The fraction of sp³-hybridized carbons (Fsp3) is 0.409. The molecule has 2 aromatic rings. The molecular formula is C22H26N4O7S2. The van der Waals surface area contributed by atoms with Gasteiger partial charge in [-0.05, 0) is 36.1 Å². The summed E-state index contributed by atoms with van der Waals surface area (Å²) in [5.41, 5.74) is 1.85. The molecule has 0 fully saturated rings. The highest BCUT2D eigenvalue weighted by molar-refractivity contribution is 7.89. The van der Waals surface area contributed by atoms with Crippen molar-refractivity contribution in [3.63, 3.8) is 0 Å². The van der Waals surface area contributed by atoms with Crippen LogP contribution in [0, 0.1) is 21.4 Å². The van der Waals surface area contributed by atoms with Gasteiger partial charge in [0.05, 0.1) is 35.1 Å². The van der Waals surface area contributed by atoms with Gasteiger partial charge in [0.1, 0.15) is 4.90 Å². The first-order valence-corrected chi connectivity index (χ1v) is 14.1. The summed E-state index contributed by atoms with van der Waals surface area (Å²) >= 11 is 0. The Kier molecular flexibility index (Phi) is 8.11. The van der Waals surface area contributed by atoms with Gasteiger partial charge in [0, 0.05) is 38.3 Å². The van der Waals surface area contributed by atoms with E-state index >= 15 is 0 Å². The van der Waals surface area contributed by atoms with E-state index in [-0.39, 0.29) is 42.5 Å². The molecule has 0 spiro atoms. The number of hydrogen-bond acceptors (Lipinski definition) is 9. The van der Waals surface area contributed by atoms with E-state index in [0.717, 1.165) is 17.9 Å². The number of benzene rings is 2. The van der Waals surface area contributed by atoms with E-state index in [9.17, 15) is 32.2 Å². The van der Waals surface area contributed by atoms with Gasteiger partial charge in [0.15, 0.2) is 0 Å². The molecule has 3 rings (SSSR count). The molecule has 0 radical (unpaired) electrons. The quantitative estimate of drug-likeness (QED) is 0.260. The molecule has 0 bridgehead atoms. The highest BCUT2D eigenvalue weighted by Crippen LogP contribution is 2.34. The zero-order valence-corrected chi connectivity index (χ0v) is 21.0. The third-order valence-corrected chi connectivity index (χ3v) is 8.09. The van der Waals surface area contributed by atoms with Crippen LogP contribution in [0.4, 0.5) is 11.4 Å². The lowest BCUT2D eigenvalue weighted by molar-refractivity contribution is -0.385. The van der Waals surface area contributed by atoms with Crippen molar-refractivity contribution in [2.24, 2.45) is 0 Å². The lowest BCUT2D eigenvalue weighted by atomic mass is 9.96. The smallest absolute Gasteiger partial charge is 0.270 e. The average Bonchev–Trinajstić information content (AvgIpc) is 2.81. The van der Waals surface area contributed by atoms with Gasteiger partial charge in [-0.25, -0.2) is 8.42 Å². The molecule has 0 atom stereocenters. The molecule has 35 heavy (non-hydrogen) atoms. The minimum Gasteiger partial charge on any atom is -0.368 e. The maximum absolute atomic E-state index is 13.8. The van der Waals surface area contributed by atoms with Gasteiger partial charge < -0.3 is 4.90 Å². The molecule has 0 amide bonds. The number of fused-ring (bicyclic) bond motifs is 1. The summed E-state index contributed by atoms with van der Waals surface area (Å²) in [5.74, 6) is 0. The maximum atomic E-state index is 13.8. The average molecular weight is 523 g/mol. The Morgan fingerprint density at radius 3 is 2.57 bits per heavy atom. The van der Waals surface area contributed by atoms with Crippen LogP contribution in [0.3, 0.4) is 0 Å². The van der Waals surface area contributed by atoms with E-state index < -0.39 is 25.1 Å². The number of nitro groups is 1. The number of nitro benzene ring substituents is 1. The monoisotopic (exact) mass is 522 g/mol. The van der Waals surface area contributed by atoms with Gasteiger partial charge >= 0.3 is 0 Å². The fourth-order valence-electron chi connectivity index (χ4n) is 4.04. The Bertz CT molecular complexity index is 1370. The Morgan fingerprint density at radius 2 is 1.94 bits per heavy atom. The van der Waals surface area contributed by atoms with Crippen LogP contribution < -0.4 is 4.90 Å². The van der Waals surface area contributed by atoms with Crippen LogP contribution in [0.5, 0.6) is 0 Å². The molecule has 2 aromatic carbocycles. The Morgan fingerprint density at radius 1 is 1.20 bits per heavy atom. The second-order valence-electron chi connectivity index (χ2n) is 8.07. The van der Waals surface area contributed by atoms with Crippen LogP contribution in [-0.4, -0.2) is 58.6 Å². The summed E-state index contributed by atoms with van der Waals surface area (Å²) < 4.78 is 56.4.